The van der Waals surface area contributed by atoms with E-state index in [4.69, 9.17) is 0 Å². The summed E-state index contributed by atoms with van der Waals surface area (Å²) in [5, 5.41) is 15.9. The molecule has 6 nitrogen and oxygen atoms in total. The second-order valence-electron chi connectivity index (χ2n) is 7.51. The summed E-state index contributed by atoms with van der Waals surface area (Å²) >= 11 is 1.63. The standard InChI is InChI=1S/C22H25N3O3S/c1-13(2)12-23-18(22(27)28)11-20(26)24-16-7-5-15(6-8-16)21-25-17-9-4-14(3)10-19(17)29-21/h4-10,13,18,23H,11-12H2,1-3H3,(H,24,26)(H,27,28). The van der Waals surface area contributed by atoms with Crippen LogP contribution in [0.15, 0.2) is 42.5 Å². The van der Waals surface area contributed by atoms with Gasteiger partial charge in [-0.15, -0.1) is 11.3 Å². The molecule has 29 heavy (non-hydrogen) atoms. The zero-order valence-electron chi connectivity index (χ0n) is 16.7. The molecule has 0 aliphatic heterocycles. The topological polar surface area (TPSA) is 91.3 Å². The number of fused-ring (bicyclic) bond motifs is 1. The van der Waals surface area contributed by atoms with E-state index in [0.29, 0.717) is 18.2 Å². The predicted molar refractivity (Wildman–Crippen MR) is 117 cm³/mol. The van der Waals surface area contributed by atoms with Gasteiger partial charge in [-0.05, 0) is 61.3 Å². The van der Waals surface area contributed by atoms with Gasteiger partial charge in [-0.25, -0.2) is 4.98 Å². The van der Waals surface area contributed by atoms with Crippen LogP contribution >= 0.6 is 11.3 Å². The first-order valence-corrected chi connectivity index (χ1v) is 10.4. The minimum Gasteiger partial charge on any atom is -0.480 e. The number of carbonyl (C=O) groups is 2. The van der Waals surface area contributed by atoms with E-state index >= 15 is 0 Å². The molecule has 2 aromatic carbocycles. The van der Waals surface area contributed by atoms with Gasteiger partial charge in [0.1, 0.15) is 11.0 Å². The molecule has 0 aliphatic rings. The number of hydrogen-bond acceptors (Lipinski definition) is 5. The number of thiazole rings is 1. The molecule has 152 valence electrons. The smallest absolute Gasteiger partial charge is 0.321 e. The lowest BCUT2D eigenvalue weighted by atomic mass is 10.1. The molecule has 0 spiro atoms. The fourth-order valence-electron chi connectivity index (χ4n) is 2.87. The molecule has 0 saturated carbocycles. The van der Waals surface area contributed by atoms with Crippen LogP contribution in [0.2, 0.25) is 0 Å². The molecule has 3 aromatic rings. The maximum atomic E-state index is 12.3. The van der Waals surface area contributed by atoms with Crippen LogP contribution in [-0.4, -0.2) is 34.6 Å². The SMILES string of the molecule is Cc1ccc2nc(-c3ccc(NC(=O)CC(NCC(C)C)C(=O)O)cc3)sc2c1. The van der Waals surface area contributed by atoms with Crippen LogP contribution < -0.4 is 10.6 Å². The fourth-order valence-corrected chi connectivity index (χ4v) is 3.94. The molecule has 1 heterocycles. The number of nitrogens with zero attached hydrogens (tertiary/aromatic N) is 1. The van der Waals surface area contributed by atoms with Crippen LogP contribution in [0.5, 0.6) is 0 Å². The van der Waals surface area contributed by atoms with Crippen molar-refractivity contribution in [2.75, 3.05) is 11.9 Å². The number of benzene rings is 2. The number of aromatic nitrogens is 1. The first-order valence-electron chi connectivity index (χ1n) is 9.55. The number of nitrogens with one attached hydrogen (secondary N) is 2. The van der Waals surface area contributed by atoms with E-state index in [9.17, 15) is 14.7 Å². The molecule has 0 fully saturated rings. The van der Waals surface area contributed by atoms with Gasteiger partial charge in [0, 0.05) is 11.3 Å². The molecular formula is C22H25N3O3S. The Kier molecular flexibility index (Phi) is 6.61. The van der Waals surface area contributed by atoms with Crippen LogP contribution in [0.3, 0.4) is 0 Å². The number of anilines is 1. The third-order valence-corrected chi connectivity index (χ3v) is 5.49. The summed E-state index contributed by atoms with van der Waals surface area (Å²) in [6, 6.07) is 12.7. The minimum absolute atomic E-state index is 0.124. The fraction of sp³-hybridized carbons (Fsp3) is 0.318. The van der Waals surface area contributed by atoms with Gasteiger partial charge in [0.25, 0.3) is 0 Å². The van der Waals surface area contributed by atoms with Gasteiger partial charge >= 0.3 is 5.97 Å². The highest BCUT2D eigenvalue weighted by molar-refractivity contribution is 7.21. The highest BCUT2D eigenvalue weighted by Crippen LogP contribution is 2.31. The van der Waals surface area contributed by atoms with Crippen molar-refractivity contribution in [1.29, 1.82) is 0 Å². The van der Waals surface area contributed by atoms with Crippen LogP contribution in [0.25, 0.3) is 20.8 Å². The number of carbonyl (C=O) groups excluding carboxylic acids is 1. The molecular weight excluding hydrogens is 386 g/mol. The van der Waals surface area contributed by atoms with Crippen LogP contribution in [-0.2, 0) is 9.59 Å². The van der Waals surface area contributed by atoms with E-state index in [1.165, 1.54) is 5.56 Å². The van der Waals surface area contributed by atoms with E-state index in [-0.39, 0.29) is 12.3 Å². The van der Waals surface area contributed by atoms with Crippen molar-refractivity contribution in [3.05, 3.63) is 48.0 Å². The second-order valence-corrected chi connectivity index (χ2v) is 8.54. The highest BCUT2D eigenvalue weighted by atomic mass is 32.1. The third-order valence-electron chi connectivity index (χ3n) is 4.42. The van der Waals surface area contributed by atoms with E-state index < -0.39 is 12.0 Å². The zero-order valence-corrected chi connectivity index (χ0v) is 17.5. The number of carboxylic acids is 1. The van der Waals surface area contributed by atoms with Crippen LogP contribution in [0.1, 0.15) is 25.8 Å². The Morgan fingerprint density at radius 2 is 1.86 bits per heavy atom. The maximum Gasteiger partial charge on any atom is 0.321 e. The first kappa shape index (κ1) is 21.0. The summed E-state index contributed by atoms with van der Waals surface area (Å²) in [4.78, 5) is 28.3. The second kappa shape index (κ2) is 9.15. The summed E-state index contributed by atoms with van der Waals surface area (Å²) in [6.07, 6.45) is -0.124. The molecule has 1 unspecified atom stereocenters. The minimum atomic E-state index is -1.03. The number of amides is 1. The Morgan fingerprint density at radius 3 is 2.52 bits per heavy atom. The summed E-state index contributed by atoms with van der Waals surface area (Å²) < 4.78 is 1.14. The molecule has 3 rings (SSSR count). The molecule has 0 bridgehead atoms. The van der Waals surface area contributed by atoms with Crippen molar-refractivity contribution in [3.63, 3.8) is 0 Å². The average molecular weight is 412 g/mol. The van der Waals surface area contributed by atoms with Crippen molar-refractivity contribution in [2.45, 2.75) is 33.2 Å². The number of carboxylic acid groups (broad SMARTS) is 1. The van der Waals surface area contributed by atoms with Gasteiger partial charge < -0.3 is 15.7 Å². The molecule has 1 aromatic heterocycles. The van der Waals surface area contributed by atoms with Crippen molar-refractivity contribution in [2.24, 2.45) is 5.92 Å². The molecule has 1 atom stereocenters. The predicted octanol–water partition coefficient (Wildman–Crippen LogP) is 4.30. The van der Waals surface area contributed by atoms with E-state index in [1.54, 1.807) is 11.3 Å². The van der Waals surface area contributed by atoms with Gasteiger partial charge in [-0.2, -0.15) is 0 Å². The summed E-state index contributed by atoms with van der Waals surface area (Å²) in [6.45, 7) is 6.57. The Labute approximate surface area is 174 Å². The van der Waals surface area contributed by atoms with Crippen molar-refractivity contribution >= 4 is 39.1 Å². The molecule has 0 radical (unpaired) electrons. The van der Waals surface area contributed by atoms with Gasteiger partial charge in [0.2, 0.25) is 5.91 Å². The Bertz CT molecular complexity index is 1010. The largest absolute Gasteiger partial charge is 0.480 e. The summed E-state index contributed by atoms with van der Waals surface area (Å²) in [5.74, 6) is -1.06. The van der Waals surface area contributed by atoms with E-state index in [0.717, 1.165) is 20.8 Å². The summed E-state index contributed by atoms with van der Waals surface area (Å²) in [7, 11) is 0. The maximum absolute atomic E-state index is 12.3. The molecule has 1 amide bonds. The quantitative estimate of drug-likeness (QED) is 0.514. The highest BCUT2D eigenvalue weighted by Gasteiger charge is 2.21. The lowest BCUT2D eigenvalue weighted by Crippen LogP contribution is -2.41. The normalized spacial score (nSPS) is 12.3. The Balaban J connectivity index is 1.64. The van der Waals surface area contributed by atoms with E-state index in [2.05, 4.69) is 28.6 Å². The number of aliphatic carboxylic acids is 1. The molecule has 7 heteroatoms. The lowest BCUT2D eigenvalue weighted by molar-refractivity contribution is -0.141. The molecule has 0 saturated heterocycles. The van der Waals surface area contributed by atoms with E-state index in [1.807, 2.05) is 50.2 Å². The third kappa shape index (κ3) is 5.62. The monoisotopic (exact) mass is 411 g/mol. The van der Waals surface area contributed by atoms with Gasteiger partial charge in [0.05, 0.1) is 16.6 Å². The van der Waals surface area contributed by atoms with Crippen molar-refractivity contribution < 1.29 is 14.7 Å². The average Bonchev–Trinajstić information content (AvgIpc) is 3.08. The Morgan fingerprint density at radius 1 is 1.14 bits per heavy atom. The summed E-state index contributed by atoms with van der Waals surface area (Å²) in [5.41, 5.74) is 3.78. The van der Waals surface area contributed by atoms with Gasteiger partial charge in [-0.3, -0.25) is 9.59 Å². The van der Waals surface area contributed by atoms with Crippen molar-refractivity contribution in [3.8, 4) is 10.6 Å². The van der Waals surface area contributed by atoms with Gasteiger partial charge in [-0.1, -0.05) is 19.9 Å². The number of aryl methyl sites for hydroxylation is 1. The van der Waals surface area contributed by atoms with Crippen molar-refractivity contribution in [1.82, 2.24) is 10.3 Å². The Hall–Kier alpha value is -2.77. The van der Waals surface area contributed by atoms with Crippen LogP contribution in [0.4, 0.5) is 5.69 Å². The zero-order chi connectivity index (χ0) is 21.0. The first-order chi connectivity index (χ1) is 13.8. The van der Waals surface area contributed by atoms with Gasteiger partial charge in [0.15, 0.2) is 0 Å². The number of hydrogen-bond donors (Lipinski definition) is 3. The molecule has 0 aliphatic carbocycles. The number of rotatable bonds is 8. The lowest BCUT2D eigenvalue weighted by Gasteiger charge is -2.15. The molecule has 3 N–H and O–H groups in total. The van der Waals surface area contributed by atoms with Crippen LogP contribution in [0, 0.1) is 12.8 Å².